The highest BCUT2D eigenvalue weighted by molar-refractivity contribution is 5.29. The zero-order chi connectivity index (χ0) is 12.4. The van der Waals surface area contributed by atoms with Gasteiger partial charge in [-0.25, -0.2) is 0 Å². The van der Waals surface area contributed by atoms with E-state index in [1.165, 1.54) is 11.3 Å². The number of fused-ring (bicyclic) bond motifs is 1. The maximum absolute atomic E-state index is 9.84. The molecule has 0 aromatic heterocycles. The van der Waals surface area contributed by atoms with Crippen LogP contribution in [-0.2, 0) is 0 Å². The van der Waals surface area contributed by atoms with Crippen LogP contribution in [0.25, 0.3) is 0 Å². The van der Waals surface area contributed by atoms with Crippen molar-refractivity contribution in [3.05, 3.63) is 23.4 Å². The normalized spacial score (nSPS) is 30.5. The Bertz CT molecular complexity index is 338. The van der Waals surface area contributed by atoms with Crippen molar-refractivity contribution in [3.63, 3.8) is 0 Å². The molecular weight excluding hydrogens is 218 g/mol. The smallest absolute Gasteiger partial charge is 0.0945 e. The Balaban J connectivity index is 2.13. The van der Waals surface area contributed by atoms with Crippen LogP contribution in [-0.4, -0.2) is 52.1 Å². The summed E-state index contributed by atoms with van der Waals surface area (Å²) < 4.78 is 0. The molecule has 1 fully saturated rings. The number of aliphatic hydroxyl groups excluding tert-OH is 3. The first-order chi connectivity index (χ1) is 8.10. The first-order valence-electron chi connectivity index (χ1n) is 6.20. The Kier molecular flexibility index (Phi) is 3.86. The SMILES string of the molecule is CC1=CCC2CC(O)CN(CC(O)CO)C2=C1. The van der Waals surface area contributed by atoms with Crippen LogP contribution in [0.3, 0.4) is 0 Å². The molecule has 0 saturated carbocycles. The van der Waals surface area contributed by atoms with E-state index in [-0.39, 0.29) is 12.7 Å². The van der Waals surface area contributed by atoms with Gasteiger partial charge in [-0.1, -0.05) is 11.6 Å². The van der Waals surface area contributed by atoms with Crippen LogP contribution in [0.2, 0.25) is 0 Å². The van der Waals surface area contributed by atoms with Crippen molar-refractivity contribution < 1.29 is 15.3 Å². The van der Waals surface area contributed by atoms with Gasteiger partial charge in [0.1, 0.15) is 0 Å². The van der Waals surface area contributed by atoms with Gasteiger partial charge in [-0.15, -0.1) is 0 Å². The summed E-state index contributed by atoms with van der Waals surface area (Å²) in [5.74, 6) is 0.355. The molecule has 17 heavy (non-hydrogen) atoms. The molecule has 1 aliphatic heterocycles. The second kappa shape index (κ2) is 5.21. The van der Waals surface area contributed by atoms with Crippen molar-refractivity contribution in [2.24, 2.45) is 5.92 Å². The van der Waals surface area contributed by atoms with Gasteiger partial charge in [0.2, 0.25) is 0 Å². The lowest BCUT2D eigenvalue weighted by atomic mass is 9.84. The van der Waals surface area contributed by atoms with E-state index in [1.54, 1.807) is 0 Å². The number of piperidine rings is 1. The van der Waals surface area contributed by atoms with E-state index in [2.05, 4.69) is 19.1 Å². The van der Waals surface area contributed by atoms with Crippen LogP contribution in [0.5, 0.6) is 0 Å². The Hall–Kier alpha value is -0.840. The van der Waals surface area contributed by atoms with Crippen molar-refractivity contribution in [1.82, 2.24) is 4.90 Å². The van der Waals surface area contributed by atoms with Crippen LogP contribution in [0.4, 0.5) is 0 Å². The lowest BCUT2D eigenvalue weighted by molar-refractivity contribution is 0.0244. The van der Waals surface area contributed by atoms with Crippen molar-refractivity contribution in [1.29, 1.82) is 0 Å². The number of hydrogen-bond acceptors (Lipinski definition) is 4. The van der Waals surface area contributed by atoms with Crippen LogP contribution < -0.4 is 0 Å². The van der Waals surface area contributed by atoms with Gasteiger partial charge in [0.15, 0.2) is 0 Å². The molecule has 0 bridgehead atoms. The molecule has 0 spiro atoms. The predicted molar refractivity (Wildman–Crippen MR) is 65.2 cm³/mol. The number of likely N-dealkylation sites (tertiary alicyclic amines) is 1. The number of rotatable bonds is 3. The van der Waals surface area contributed by atoms with Gasteiger partial charge in [-0.2, -0.15) is 0 Å². The first-order valence-corrected chi connectivity index (χ1v) is 6.20. The fourth-order valence-corrected chi connectivity index (χ4v) is 2.68. The summed E-state index contributed by atoms with van der Waals surface area (Å²) in [7, 11) is 0. The number of nitrogens with zero attached hydrogens (tertiary/aromatic N) is 1. The maximum atomic E-state index is 9.84. The van der Waals surface area contributed by atoms with Crippen molar-refractivity contribution in [2.45, 2.75) is 32.0 Å². The monoisotopic (exact) mass is 239 g/mol. The van der Waals surface area contributed by atoms with E-state index >= 15 is 0 Å². The lowest BCUT2D eigenvalue weighted by Crippen LogP contribution is -2.45. The quantitative estimate of drug-likeness (QED) is 0.661. The molecule has 2 aliphatic rings. The van der Waals surface area contributed by atoms with Crippen molar-refractivity contribution >= 4 is 0 Å². The molecule has 0 amide bonds. The standard InChI is InChI=1S/C13H21NO3/c1-9-2-3-10-5-11(16)6-14(13(10)4-9)7-12(17)8-15/h2,4,10-12,15-17H,3,5-8H2,1H3. The average Bonchev–Trinajstić information content (AvgIpc) is 2.29. The Morgan fingerprint density at radius 1 is 1.53 bits per heavy atom. The molecule has 4 nitrogen and oxygen atoms in total. The topological polar surface area (TPSA) is 63.9 Å². The molecule has 0 radical (unpaired) electrons. The summed E-state index contributed by atoms with van der Waals surface area (Å²) in [6.07, 6.45) is 4.99. The molecule has 4 heteroatoms. The molecule has 1 heterocycles. The van der Waals surface area contributed by atoms with Crippen molar-refractivity contribution in [3.8, 4) is 0 Å². The van der Waals surface area contributed by atoms with Crippen LogP contribution in [0.15, 0.2) is 23.4 Å². The molecule has 3 N–H and O–H groups in total. The molecule has 3 atom stereocenters. The fraction of sp³-hybridized carbons (Fsp3) is 0.692. The van der Waals surface area contributed by atoms with E-state index in [0.29, 0.717) is 19.0 Å². The van der Waals surface area contributed by atoms with Gasteiger partial charge in [0, 0.05) is 24.7 Å². The minimum Gasteiger partial charge on any atom is -0.394 e. The third-order valence-corrected chi connectivity index (χ3v) is 3.51. The Morgan fingerprint density at radius 2 is 2.29 bits per heavy atom. The molecule has 2 rings (SSSR count). The second-order valence-corrected chi connectivity index (χ2v) is 5.08. The third-order valence-electron chi connectivity index (χ3n) is 3.51. The summed E-state index contributed by atoms with van der Waals surface area (Å²) in [5, 5.41) is 28.3. The van der Waals surface area contributed by atoms with Gasteiger partial charge in [0.05, 0.1) is 18.8 Å². The van der Waals surface area contributed by atoms with E-state index in [9.17, 15) is 10.2 Å². The van der Waals surface area contributed by atoms with E-state index < -0.39 is 6.10 Å². The highest BCUT2D eigenvalue weighted by atomic mass is 16.3. The maximum Gasteiger partial charge on any atom is 0.0945 e. The van der Waals surface area contributed by atoms with Gasteiger partial charge in [-0.3, -0.25) is 0 Å². The van der Waals surface area contributed by atoms with Crippen LogP contribution in [0, 0.1) is 5.92 Å². The summed E-state index contributed by atoms with van der Waals surface area (Å²) in [4.78, 5) is 2.01. The largest absolute Gasteiger partial charge is 0.394 e. The minimum atomic E-state index is -0.743. The summed E-state index contributed by atoms with van der Waals surface area (Å²) in [6, 6.07) is 0. The van der Waals surface area contributed by atoms with Gasteiger partial charge < -0.3 is 20.2 Å². The van der Waals surface area contributed by atoms with E-state index in [0.717, 1.165) is 12.8 Å². The molecule has 0 aromatic rings. The number of allylic oxidation sites excluding steroid dienone is 4. The number of aliphatic hydroxyl groups is 3. The number of hydrogen-bond donors (Lipinski definition) is 3. The molecular formula is C13H21NO3. The van der Waals surface area contributed by atoms with E-state index in [1.807, 2.05) is 4.90 Å². The van der Waals surface area contributed by atoms with E-state index in [4.69, 9.17) is 5.11 Å². The molecule has 0 aromatic carbocycles. The lowest BCUT2D eigenvalue weighted by Gasteiger charge is -2.41. The van der Waals surface area contributed by atoms with Crippen LogP contribution in [0.1, 0.15) is 19.8 Å². The summed E-state index contributed by atoms with van der Waals surface area (Å²) in [5.41, 5.74) is 2.43. The predicted octanol–water partition coefficient (Wildman–Crippen LogP) is 0.256. The summed E-state index contributed by atoms with van der Waals surface area (Å²) in [6.45, 7) is 2.77. The number of β-amino-alcohol motifs (C(OH)–C–C–N with tert-alkyl or cyclic N) is 2. The highest BCUT2D eigenvalue weighted by Crippen LogP contribution is 2.34. The van der Waals surface area contributed by atoms with Crippen molar-refractivity contribution in [2.75, 3.05) is 19.7 Å². The van der Waals surface area contributed by atoms with Gasteiger partial charge >= 0.3 is 0 Å². The Labute approximate surface area is 102 Å². The fourth-order valence-electron chi connectivity index (χ4n) is 2.68. The average molecular weight is 239 g/mol. The van der Waals surface area contributed by atoms with Gasteiger partial charge in [0.25, 0.3) is 0 Å². The minimum absolute atomic E-state index is 0.237. The Morgan fingerprint density at radius 3 is 3.00 bits per heavy atom. The molecule has 3 unspecified atom stereocenters. The zero-order valence-electron chi connectivity index (χ0n) is 10.2. The second-order valence-electron chi connectivity index (χ2n) is 5.08. The molecule has 1 aliphatic carbocycles. The summed E-state index contributed by atoms with van der Waals surface area (Å²) >= 11 is 0. The molecule has 1 saturated heterocycles. The third kappa shape index (κ3) is 2.89. The highest BCUT2D eigenvalue weighted by Gasteiger charge is 2.31. The van der Waals surface area contributed by atoms with Crippen LogP contribution >= 0.6 is 0 Å². The molecule has 96 valence electrons. The van der Waals surface area contributed by atoms with Gasteiger partial charge in [-0.05, 0) is 25.8 Å². The first kappa shape index (κ1) is 12.6. The zero-order valence-corrected chi connectivity index (χ0v) is 10.2.